The van der Waals surface area contributed by atoms with Gasteiger partial charge in [-0.3, -0.25) is 4.79 Å². The van der Waals surface area contributed by atoms with Crippen LogP contribution in [0.5, 0.6) is 0 Å². The Bertz CT molecular complexity index is 402. The number of hydrogen-bond donors (Lipinski definition) is 3. The number of nitrogens with two attached hydrogens (primary N) is 1. The monoisotopic (exact) mass is 266 g/mol. The van der Waals surface area contributed by atoms with Crippen LogP contribution in [0.4, 0.5) is 5.69 Å². The van der Waals surface area contributed by atoms with Gasteiger partial charge in [0, 0.05) is 23.9 Å². The van der Waals surface area contributed by atoms with E-state index in [1.165, 1.54) is 0 Å². The van der Waals surface area contributed by atoms with Crippen LogP contribution in [-0.4, -0.2) is 29.1 Å². The summed E-state index contributed by atoms with van der Waals surface area (Å²) in [4.78, 5) is 11.8. The average molecular weight is 266 g/mol. The fraction of sp³-hybridized carbons (Fsp3) is 0.462. The van der Waals surface area contributed by atoms with Crippen molar-refractivity contribution in [1.82, 2.24) is 5.32 Å². The summed E-state index contributed by atoms with van der Waals surface area (Å²) in [5.41, 5.74) is 7.01. The number of thioether (sulfide) groups is 1. The van der Waals surface area contributed by atoms with Gasteiger partial charge in [-0.25, -0.2) is 0 Å². The summed E-state index contributed by atoms with van der Waals surface area (Å²) in [5.74, 6) is 2.10. The average Bonchev–Trinajstić information content (AvgIpc) is 2.90. The third-order valence-corrected chi connectivity index (χ3v) is 4.25. The van der Waals surface area contributed by atoms with Gasteiger partial charge in [0.05, 0.1) is 6.10 Å². The third-order valence-electron chi connectivity index (χ3n) is 3.09. The lowest BCUT2D eigenvalue weighted by Crippen LogP contribution is -2.33. The Balaban J connectivity index is 1.82. The summed E-state index contributed by atoms with van der Waals surface area (Å²) in [6.45, 7) is 0.254. The van der Waals surface area contributed by atoms with Crippen molar-refractivity contribution < 1.29 is 9.90 Å². The Morgan fingerprint density at radius 1 is 1.50 bits per heavy atom. The van der Waals surface area contributed by atoms with Crippen LogP contribution in [0.2, 0.25) is 0 Å². The Hall–Kier alpha value is -1.20. The molecule has 1 heterocycles. The molecule has 0 spiro atoms. The van der Waals surface area contributed by atoms with Gasteiger partial charge in [0.15, 0.2) is 0 Å². The molecule has 2 unspecified atom stereocenters. The van der Waals surface area contributed by atoms with Crippen molar-refractivity contribution in [2.75, 3.05) is 23.8 Å². The molecule has 0 aliphatic carbocycles. The molecule has 1 aromatic rings. The van der Waals surface area contributed by atoms with E-state index >= 15 is 0 Å². The number of carbonyl (C=O) groups excluding carboxylic acids is 1. The molecule has 1 aliphatic rings. The molecule has 4 N–H and O–H groups in total. The number of rotatable bonds is 4. The largest absolute Gasteiger partial charge is 0.399 e. The number of aliphatic hydroxyl groups excluding tert-OH is 1. The van der Waals surface area contributed by atoms with E-state index in [1.54, 1.807) is 36.0 Å². The summed E-state index contributed by atoms with van der Waals surface area (Å²) in [5, 5.41) is 12.7. The van der Waals surface area contributed by atoms with Gasteiger partial charge in [-0.1, -0.05) is 12.1 Å². The second-order valence-corrected chi connectivity index (χ2v) is 5.64. The van der Waals surface area contributed by atoms with Crippen LogP contribution in [0.25, 0.3) is 0 Å². The summed E-state index contributed by atoms with van der Waals surface area (Å²) in [6.07, 6.45) is 0.262. The molecule has 0 bridgehead atoms. The molecule has 1 aromatic carbocycles. The maximum atomic E-state index is 11.8. The molecule has 0 aromatic heterocycles. The fourth-order valence-corrected chi connectivity index (χ4v) is 3.14. The van der Waals surface area contributed by atoms with Crippen LogP contribution in [0.1, 0.15) is 18.1 Å². The smallest absolute Gasteiger partial charge is 0.224 e. The molecule has 5 heteroatoms. The lowest BCUT2D eigenvalue weighted by molar-refractivity contribution is -0.124. The van der Waals surface area contributed by atoms with E-state index in [4.69, 9.17) is 5.73 Å². The highest BCUT2D eigenvalue weighted by atomic mass is 32.2. The molecule has 4 nitrogen and oxygen atoms in total. The molecule has 0 saturated carbocycles. The second-order valence-electron chi connectivity index (χ2n) is 4.49. The molecule has 1 saturated heterocycles. The highest BCUT2D eigenvalue weighted by Gasteiger charge is 2.23. The van der Waals surface area contributed by atoms with Gasteiger partial charge in [-0.2, -0.15) is 11.8 Å². The van der Waals surface area contributed by atoms with Gasteiger partial charge < -0.3 is 16.2 Å². The molecule has 1 fully saturated rings. The van der Waals surface area contributed by atoms with E-state index in [0.29, 0.717) is 5.69 Å². The van der Waals surface area contributed by atoms with E-state index in [0.717, 1.165) is 23.5 Å². The molecule has 18 heavy (non-hydrogen) atoms. The molecule has 98 valence electrons. The molecular formula is C13H18N2O2S. The number of carbonyl (C=O) groups is 1. The zero-order chi connectivity index (χ0) is 13.0. The molecular weight excluding hydrogens is 248 g/mol. The van der Waals surface area contributed by atoms with Crippen molar-refractivity contribution in [3.05, 3.63) is 29.8 Å². The minimum atomic E-state index is -0.677. The van der Waals surface area contributed by atoms with E-state index < -0.39 is 6.10 Å². The number of benzene rings is 1. The standard InChI is InChI=1S/C13H18N2O2S/c14-11-3-1-9(2-4-11)12(16)7-15-13(17)10-5-6-18-8-10/h1-4,10,12,16H,5-8,14H2,(H,15,17). The number of nitrogens with one attached hydrogen (secondary N) is 1. The Morgan fingerprint density at radius 3 is 2.83 bits per heavy atom. The zero-order valence-electron chi connectivity index (χ0n) is 10.1. The maximum Gasteiger partial charge on any atom is 0.224 e. The van der Waals surface area contributed by atoms with E-state index in [1.807, 2.05) is 0 Å². The Kier molecular flexibility index (Phi) is 4.49. The first kappa shape index (κ1) is 13.2. The van der Waals surface area contributed by atoms with E-state index in [9.17, 15) is 9.90 Å². The van der Waals surface area contributed by atoms with Crippen LogP contribution >= 0.6 is 11.8 Å². The predicted octanol–water partition coefficient (Wildman–Crippen LogP) is 1.17. The van der Waals surface area contributed by atoms with Crippen molar-refractivity contribution in [2.24, 2.45) is 5.92 Å². The minimum Gasteiger partial charge on any atom is -0.399 e. The van der Waals surface area contributed by atoms with E-state index in [-0.39, 0.29) is 18.4 Å². The number of nitrogen functional groups attached to an aromatic ring is 1. The number of hydrogen-bond acceptors (Lipinski definition) is 4. The van der Waals surface area contributed by atoms with Gasteiger partial charge in [0.2, 0.25) is 5.91 Å². The lowest BCUT2D eigenvalue weighted by Gasteiger charge is -2.14. The molecule has 1 aliphatic heterocycles. The highest BCUT2D eigenvalue weighted by molar-refractivity contribution is 7.99. The Morgan fingerprint density at radius 2 is 2.22 bits per heavy atom. The minimum absolute atomic E-state index is 0.0505. The van der Waals surface area contributed by atoms with Crippen molar-refractivity contribution in [1.29, 1.82) is 0 Å². The normalized spacial score (nSPS) is 20.6. The van der Waals surface area contributed by atoms with Gasteiger partial charge in [0.25, 0.3) is 0 Å². The van der Waals surface area contributed by atoms with Crippen LogP contribution < -0.4 is 11.1 Å². The highest BCUT2D eigenvalue weighted by Crippen LogP contribution is 2.23. The first-order valence-electron chi connectivity index (χ1n) is 6.06. The second kappa shape index (κ2) is 6.11. The zero-order valence-corrected chi connectivity index (χ0v) is 11.0. The van der Waals surface area contributed by atoms with Crippen molar-refractivity contribution >= 4 is 23.4 Å². The van der Waals surface area contributed by atoms with Crippen LogP contribution in [0.15, 0.2) is 24.3 Å². The van der Waals surface area contributed by atoms with E-state index in [2.05, 4.69) is 5.32 Å². The van der Waals surface area contributed by atoms with Crippen LogP contribution in [0.3, 0.4) is 0 Å². The van der Waals surface area contributed by atoms with Crippen molar-refractivity contribution in [3.63, 3.8) is 0 Å². The molecule has 0 radical (unpaired) electrons. The maximum absolute atomic E-state index is 11.8. The van der Waals surface area contributed by atoms with Gasteiger partial charge in [-0.05, 0) is 29.9 Å². The fourth-order valence-electron chi connectivity index (χ4n) is 1.92. The lowest BCUT2D eigenvalue weighted by atomic mass is 10.1. The first-order valence-corrected chi connectivity index (χ1v) is 7.21. The number of aliphatic hydroxyl groups is 1. The van der Waals surface area contributed by atoms with Gasteiger partial charge >= 0.3 is 0 Å². The number of amides is 1. The van der Waals surface area contributed by atoms with Crippen LogP contribution in [0, 0.1) is 5.92 Å². The molecule has 2 atom stereocenters. The van der Waals surface area contributed by atoms with Crippen LogP contribution in [-0.2, 0) is 4.79 Å². The summed E-state index contributed by atoms with van der Waals surface area (Å²) in [6, 6.07) is 7.04. The quantitative estimate of drug-likeness (QED) is 0.715. The predicted molar refractivity (Wildman–Crippen MR) is 74.3 cm³/mol. The van der Waals surface area contributed by atoms with Crippen molar-refractivity contribution in [2.45, 2.75) is 12.5 Å². The molecule has 1 amide bonds. The number of anilines is 1. The first-order chi connectivity index (χ1) is 8.66. The van der Waals surface area contributed by atoms with Gasteiger partial charge in [0.1, 0.15) is 0 Å². The Labute approximate surface area is 111 Å². The topological polar surface area (TPSA) is 75.3 Å². The SMILES string of the molecule is Nc1ccc(C(O)CNC(=O)C2CCSC2)cc1. The molecule has 2 rings (SSSR count). The third kappa shape index (κ3) is 3.40. The van der Waals surface area contributed by atoms with Crippen molar-refractivity contribution in [3.8, 4) is 0 Å². The summed E-state index contributed by atoms with van der Waals surface area (Å²) >= 11 is 1.81. The summed E-state index contributed by atoms with van der Waals surface area (Å²) in [7, 11) is 0. The summed E-state index contributed by atoms with van der Waals surface area (Å²) < 4.78 is 0. The van der Waals surface area contributed by atoms with Gasteiger partial charge in [-0.15, -0.1) is 0 Å².